The number of hydrogen-bond donors (Lipinski definition) is 1. The molecule has 4 rings (SSSR count). The van der Waals surface area contributed by atoms with Crippen molar-refractivity contribution in [3.63, 3.8) is 0 Å². The van der Waals surface area contributed by atoms with Gasteiger partial charge in [-0.15, -0.1) is 11.3 Å². The number of carbonyl (C=O) groups excluding carboxylic acids is 2. The maximum atomic E-state index is 12.6. The van der Waals surface area contributed by atoms with Gasteiger partial charge in [-0.2, -0.15) is 0 Å². The van der Waals surface area contributed by atoms with Crippen LogP contribution in [0.25, 0.3) is 20.8 Å². The van der Waals surface area contributed by atoms with Crippen molar-refractivity contribution in [2.45, 2.75) is 26.7 Å². The molecule has 0 atom stereocenters. The van der Waals surface area contributed by atoms with E-state index < -0.39 is 11.9 Å². The summed E-state index contributed by atoms with van der Waals surface area (Å²) < 4.78 is 17.3. The molecule has 2 aromatic heterocycles. The molecule has 0 aliphatic rings. The van der Waals surface area contributed by atoms with Gasteiger partial charge >= 0.3 is 5.97 Å². The number of carbonyl (C=O) groups is 2. The number of hydrogen-bond acceptors (Lipinski definition) is 7. The summed E-state index contributed by atoms with van der Waals surface area (Å²) in [5.41, 5.74) is 2.65. The maximum absolute atomic E-state index is 12.6. The number of aromatic nitrogens is 1. The number of amides is 1. The molecule has 1 N–H and O–H groups in total. The third-order valence-electron chi connectivity index (χ3n) is 5.07. The van der Waals surface area contributed by atoms with Gasteiger partial charge < -0.3 is 13.9 Å². The van der Waals surface area contributed by atoms with Crippen molar-refractivity contribution in [1.82, 2.24) is 4.98 Å². The average Bonchev–Trinajstić information content (AvgIpc) is 3.38. The average molecular weight is 465 g/mol. The van der Waals surface area contributed by atoms with Crippen LogP contribution >= 0.6 is 11.3 Å². The maximum Gasteiger partial charge on any atom is 0.342 e. The van der Waals surface area contributed by atoms with Crippen LogP contribution in [0.15, 0.2) is 52.9 Å². The van der Waals surface area contributed by atoms with E-state index in [1.807, 2.05) is 48.5 Å². The molecule has 8 heteroatoms. The first kappa shape index (κ1) is 22.5. The molecule has 0 spiro atoms. The number of nitrogens with one attached hydrogen (secondary N) is 1. The predicted molar refractivity (Wildman–Crippen MR) is 128 cm³/mol. The Balaban J connectivity index is 1.58. The van der Waals surface area contributed by atoms with Gasteiger partial charge in [0.05, 0.1) is 22.9 Å². The fourth-order valence-corrected chi connectivity index (χ4v) is 4.53. The van der Waals surface area contributed by atoms with Crippen molar-refractivity contribution in [2.24, 2.45) is 0 Å². The van der Waals surface area contributed by atoms with Crippen LogP contribution in [0.1, 0.15) is 35.0 Å². The molecule has 0 unspecified atom stereocenters. The third-order valence-corrected chi connectivity index (χ3v) is 6.12. The Morgan fingerprint density at radius 1 is 1.12 bits per heavy atom. The predicted octanol–water partition coefficient (Wildman–Crippen LogP) is 5.62. The molecular formula is C25H24N2O5S. The van der Waals surface area contributed by atoms with E-state index in [0.717, 1.165) is 23.1 Å². The zero-order valence-corrected chi connectivity index (χ0v) is 19.5. The minimum absolute atomic E-state index is 0.138. The van der Waals surface area contributed by atoms with E-state index >= 15 is 0 Å². The summed E-state index contributed by atoms with van der Waals surface area (Å²) in [5, 5.41) is 3.28. The summed E-state index contributed by atoms with van der Waals surface area (Å²) in [7, 11) is 1.30. The number of methoxy groups -OCH3 is 1. The SMILES string of the molecule is CCCc1ccc(OCC(=O)Nc2oc(C)c(C(=O)OC)c2-c2nc3ccccc3s2)cc1. The molecule has 2 heterocycles. The van der Waals surface area contributed by atoms with Crippen LogP contribution in [0.4, 0.5) is 5.88 Å². The van der Waals surface area contributed by atoms with E-state index in [9.17, 15) is 9.59 Å². The number of ether oxygens (including phenoxy) is 2. The lowest BCUT2D eigenvalue weighted by Crippen LogP contribution is -2.20. The molecule has 0 saturated carbocycles. The Kier molecular flexibility index (Phi) is 6.74. The van der Waals surface area contributed by atoms with Gasteiger partial charge in [-0.1, -0.05) is 37.6 Å². The zero-order chi connectivity index (χ0) is 23.4. The largest absolute Gasteiger partial charge is 0.484 e. The lowest BCUT2D eigenvalue weighted by Gasteiger charge is -2.08. The second kappa shape index (κ2) is 9.87. The van der Waals surface area contributed by atoms with Crippen LogP contribution in [0, 0.1) is 6.92 Å². The number of benzene rings is 2. The Labute approximate surface area is 195 Å². The van der Waals surface area contributed by atoms with Crippen LogP contribution in [0.5, 0.6) is 5.75 Å². The van der Waals surface area contributed by atoms with Gasteiger partial charge in [0.2, 0.25) is 5.88 Å². The van der Waals surface area contributed by atoms with Gasteiger partial charge in [0.15, 0.2) is 6.61 Å². The van der Waals surface area contributed by atoms with Gasteiger partial charge in [0.25, 0.3) is 5.91 Å². The molecule has 0 radical (unpaired) electrons. The molecule has 4 aromatic rings. The van der Waals surface area contributed by atoms with E-state index in [1.165, 1.54) is 24.0 Å². The summed E-state index contributed by atoms with van der Waals surface area (Å²) in [6, 6.07) is 15.3. The molecule has 0 aliphatic heterocycles. The Bertz CT molecular complexity index is 1260. The molecule has 0 saturated heterocycles. The molecule has 7 nitrogen and oxygen atoms in total. The molecule has 0 bridgehead atoms. The minimum atomic E-state index is -0.561. The number of aryl methyl sites for hydroxylation is 2. The molecular weight excluding hydrogens is 440 g/mol. The van der Waals surface area contributed by atoms with Crippen molar-refractivity contribution in [1.29, 1.82) is 0 Å². The molecule has 2 aromatic carbocycles. The van der Waals surface area contributed by atoms with Crippen molar-refractivity contribution in [2.75, 3.05) is 19.0 Å². The van der Waals surface area contributed by atoms with Crippen LogP contribution in [0.3, 0.4) is 0 Å². The number of rotatable bonds is 8. The molecule has 33 heavy (non-hydrogen) atoms. The Hall–Kier alpha value is -3.65. The van der Waals surface area contributed by atoms with E-state index in [0.29, 0.717) is 22.1 Å². The normalized spacial score (nSPS) is 10.9. The Morgan fingerprint density at radius 3 is 2.58 bits per heavy atom. The molecule has 170 valence electrons. The quantitative estimate of drug-likeness (QED) is 0.340. The van der Waals surface area contributed by atoms with E-state index in [4.69, 9.17) is 13.9 Å². The lowest BCUT2D eigenvalue weighted by atomic mass is 10.1. The van der Waals surface area contributed by atoms with Crippen LogP contribution in [-0.4, -0.2) is 30.6 Å². The standard InChI is InChI=1S/C25H24N2O5S/c1-4-7-16-10-12-17(13-11-16)31-14-20(28)27-23-22(21(15(2)32-23)25(29)30-3)24-26-18-8-5-6-9-19(18)33-24/h5-6,8-13H,4,7,14H2,1-3H3,(H,27,28). The van der Waals surface area contributed by atoms with Crippen molar-refractivity contribution in [3.8, 4) is 16.3 Å². The van der Waals surface area contributed by atoms with E-state index in [-0.39, 0.29) is 18.1 Å². The number of para-hydroxylation sites is 1. The number of fused-ring (bicyclic) bond motifs is 1. The number of nitrogens with zero attached hydrogens (tertiary/aromatic N) is 1. The molecule has 0 aliphatic carbocycles. The fourth-order valence-electron chi connectivity index (χ4n) is 3.52. The van der Waals surface area contributed by atoms with E-state index in [2.05, 4.69) is 17.2 Å². The van der Waals surface area contributed by atoms with Gasteiger partial charge in [-0.05, 0) is 43.2 Å². The first-order valence-electron chi connectivity index (χ1n) is 10.6. The van der Waals surface area contributed by atoms with Crippen molar-refractivity contribution < 1.29 is 23.5 Å². The second-order valence-electron chi connectivity index (χ2n) is 7.45. The first-order valence-corrected chi connectivity index (χ1v) is 11.4. The molecule has 0 fully saturated rings. The second-order valence-corrected chi connectivity index (χ2v) is 8.48. The summed E-state index contributed by atoms with van der Waals surface area (Å²) in [6.45, 7) is 3.56. The van der Waals surface area contributed by atoms with Gasteiger partial charge in [0, 0.05) is 0 Å². The van der Waals surface area contributed by atoms with Crippen LogP contribution < -0.4 is 10.1 Å². The minimum Gasteiger partial charge on any atom is -0.484 e. The number of anilines is 1. The van der Waals surface area contributed by atoms with Crippen LogP contribution in [-0.2, 0) is 16.0 Å². The highest BCUT2D eigenvalue weighted by Crippen LogP contribution is 2.40. The highest BCUT2D eigenvalue weighted by Gasteiger charge is 2.28. The van der Waals surface area contributed by atoms with Gasteiger partial charge in [-0.3, -0.25) is 10.1 Å². The highest BCUT2D eigenvalue weighted by atomic mass is 32.1. The lowest BCUT2D eigenvalue weighted by molar-refractivity contribution is -0.118. The monoisotopic (exact) mass is 464 g/mol. The third kappa shape index (κ3) is 4.90. The summed E-state index contributed by atoms with van der Waals surface area (Å²) in [6.07, 6.45) is 2.06. The number of thiazole rings is 1. The smallest absolute Gasteiger partial charge is 0.342 e. The topological polar surface area (TPSA) is 90.7 Å². The van der Waals surface area contributed by atoms with Gasteiger partial charge in [0.1, 0.15) is 22.1 Å². The Morgan fingerprint density at radius 2 is 1.88 bits per heavy atom. The van der Waals surface area contributed by atoms with Crippen molar-refractivity contribution in [3.05, 3.63) is 65.4 Å². The fraction of sp³-hybridized carbons (Fsp3) is 0.240. The zero-order valence-electron chi connectivity index (χ0n) is 18.6. The number of esters is 1. The van der Waals surface area contributed by atoms with E-state index in [1.54, 1.807) is 6.92 Å². The highest BCUT2D eigenvalue weighted by molar-refractivity contribution is 7.21. The summed E-state index contributed by atoms with van der Waals surface area (Å²) in [4.78, 5) is 29.8. The first-order chi connectivity index (χ1) is 16.0. The van der Waals surface area contributed by atoms with Gasteiger partial charge in [-0.25, -0.2) is 9.78 Å². The molecule has 1 amide bonds. The van der Waals surface area contributed by atoms with Crippen molar-refractivity contribution >= 4 is 39.3 Å². The summed E-state index contributed by atoms with van der Waals surface area (Å²) >= 11 is 1.40. The number of furan rings is 1. The summed E-state index contributed by atoms with van der Waals surface area (Å²) in [5.74, 6) is 0.0922. The van der Waals surface area contributed by atoms with Crippen LogP contribution in [0.2, 0.25) is 0 Å².